The van der Waals surface area contributed by atoms with Crippen LogP contribution in [0.2, 0.25) is 0 Å². The Kier molecular flexibility index (Phi) is 7.30. The van der Waals surface area contributed by atoms with Crippen LogP contribution in [0.25, 0.3) is 0 Å². The number of amides is 1. The minimum absolute atomic E-state index is 0.0299. The molecule has 9 nitrogen and oxygen atoms in total. The molecule has 0 spiro atoms. The van der Waals surface area contributed by atoms with Gasteiger partial charge in [-0.15, -0.1) is 0 Å². The molecule has 0 radical (unpaired) electrons. The maximum absolute atomic E-state index is 12.0. The van der Waals surface area contributed by atoms with Crippen molar-refractivity contribution in [1.29, 1.82) is 0 Å². The fraction of sp³-hybridized carbons (Fsp3) is 0.727. The first-order valence-corrected chi connectivity index (χ1v) is 8.03. The van der Waals surface area contributed by atoms with Gasteiger partial charge in [-0.2, -0.15) is 0 Å². The monoisotopic (exact) mass is 324 g/mol. The second kappa shape index (κ2) is 7.93. The highest BCUT2D eigenvalue weighted by Crippen LogP contribution is 2.07. The molecule has 1 unspecified atom stereocenters. The molecular weight excluding hydrogens is 304 g/mol. The zero-order valence-corrected chi connectivity index (χ0v) is 12.8. The Morgan fingerprint density at radius 2 is 1.62 bits per heavy atom. The highest BCUT2D eigenvalue weighted by molar-refractivity contribution is 7.88. The van der Waals surface area contributed by atoms with Crippen molar-refractivity contribution >= 4 is 27.9 Å². The predicted octanol–water partition coefficient (Wildman–Crippen LogP) is -1.01. The van der Waals surface area contributed by atoms with Crippen LogP contribution in [0.15, 0.2) is 0 Å². The van der Waals surface area contributed by atoms with Gasteiger partial charge in [-0.05, 0) is 12.3 Å². The lowest BCUT2D eigenvalue weighted by Crippen LogP contribution is -2.52. The van der Waals surface area contributed by atoms with Crippen LogP contribution in [0.5, 0.6) is 0 Å². The van der Waals surface area contributed by atoms with Crippen molar-refractivity contribution in [2.75, 3.05) is 6.26 Å². The number of hydrogen-bond donors (Lipinski definition) is 4. The summed E-state index contributed by atoms with van der Waals surface area (Å²) in [6.45, 7) is 3.52. The van der Waals surface area contributed by atoms with E-state index in [-0.39, 0.29) is 12.3 Å². The van der Waals surface area contributed by atoms with Gasteiger partial charge in [0, 0.05) is 0 Å². The molecule has 0 aromatic heterocycles. The second-order valence-electron chi connectivity index (χ2n) is 5.07. The Labute approximate surface area is 122 Å². The lowest BCUT2D eigenvalue weighted by molar-refractivity contribution is -0.147. The highest BCUT2D eigenvalue weighted by atomic mass is 32.2. The maximum Gasteiger partial charge on any atom is 0.326 e. The van der Waals surface area contributed by atoms with Crippen molar-refractivity contribution in [3.8, 4) is 0 Å². The fourth-order valence-electron chi connectivity index (χ4n) is 1.59. The van der Waals surface area contributed by atoms with Crippen molar-refractivity contribution in [3.63, 3.8) is 0 Å². The van der Waals surface area contributed by atoms with Crippen molar-refractivity contribution in [3.05, 3.63) is 0 Å². The number of hydrogen-bond acceptors (Lipinski definition) is 5. The van der Waals surface area contributed by atoms with E-state index in [1.165, 1.54) is 0 Å². The minimum Gasteiger partial charge on any atom is -0.481 e. The third kappa shape index (κ3) is 8.97. The number of carbonyl (C=O) groups is 3. The van der Waals surface area contributed by atoms with Crippen LogP contribution in [0.1, 0.15) is 26.7 Å². The average molecular weight is 324 g/mol. The Morgan fingerprint density at radius 1 is 1.10 bits per heavy atom. The van der Waals surface area contributed by atoms with E-state index in [0.29, 0.717) is 0 Å². The standard InChI is InChI=1S/C11H20N2O7S/c1-6(2)4-7(13-21(3,19)20)10(16)12-8(11(17)18)5-9(14)15/h6-8,13H,4-5H2,1-3H3,(H,12,16)(H,14,15)(H,17,18)/t7?,8-/m0/s1. The van der Waals surface area contributed by atoms with Gasteiger partial charge in [-0.1, -0.05) is 13.8 Å². The Morgan fingerprint density at radius 3 is 1.95 bits per heavy atom. The number of aliphatic carboxylic acids is 2. The molecule has 0 saturated heterocycles. The summed E-state index contributed by atoms with van der Waals surface area (Å²) in [6.07, 6.45) is 0.228. The van der Waals surface area contributed by atoms with Gasteiger partial charge in [0.05, 0.1) is 12.7 Å². The van der Waals surface area contributed by atoms with Crippen molar-refractivity contribution in [2.24, 2.45) is 5.92 Å². The first kappa shape index (κ1) is 19.3. The quantitative estimate of drug-likeness (QED) is 0.424. The van der Waals surface area contributed by atoms with E-state index in [9.17, 15) is 22.8 Å². The molecule has 4 N–H and O–H groups in total. The van der Waals surface area contributed by atoms with E-state index in [1.807, 2.05) is 5.32 Å². The van der Waals surface area contributed by atoms with E-state index >= 15 is 0 Å². The molecule has 0 bridgehead atoms. The number of carboxylic acids is 2. The first-order valence-electron chi connectivity index (χ1n) is 6.14. The molecule has 122 valence electrons. The molecule has 2 atom stereocenters. The van der Waals surface area contributed by atoms with Crippen LogP contribution < -0.4 is 10.0 Å². The molecule has 0 fully saturated rings. The zero-order valence-electron chi connectivity index (χ0n) is 12.0. The summed E-state index contributed by atoms with van der Waals surface area (Å²) < 4.78 is 24.6. The summed E-state index contributed by atoms with van der Waals surface area (Å²) >= 11 is 0. The van der Waals surface area contributed by atoms with E-state index < -0.39 is 46.4 Å². The smallest absolute Gasteiger partial charge is 0.326 e. The third-order valence-corrected chi connectivity index (χ3v) is 3.09. The largest absolute Gasteiger partial charge is 0.481 e. The van der Waals surface area contributed by atoms with Gasteiger partial charge in [0.2, 0.25) is 15.9 Å². The number of sulfonamides is 1. The summed E-state index contributed by atoms with van der Waals surface area (Å²) in [5, 5.41) is 19.5. The van der Waals surface area contributed by atoms with E-state index in [2.05, 4.69) is 4.72 Å². The molecular formula is C11H20N2O7S. The zero-order chi connectivity index (χ0) is 16.8. The van der Waals surface area contributed by atoms with Crippen LogP contribution in [0.3, 0.4) is 0 Å². The van der Waals surface area contributed by atoms with E-state index in [1.54, 1.807) is 13.8 Å². The van der Waals surface area contributed by atoms with Crippen LogP contribution in [0.4, 0.5) is 0 Å². The summed E-state index contributed by atoms with van der Waals surface area (Å²) in [7, 11) is -3.67. The number of carboxylic acid groups (broad SMARTS) is 2. The second-order valence-corrected chi connectivity index (χ2v) is 6.85. The number of nitrogens with one attached hydrogen (secondary N) is 2. The summed E-state index contributed by atoms with van der Waals surface area (Å²) in [6, 6.07) is -2.78. The fourth-order valence-corrected chi connectivity index (χ4v) is 2.31. The molecule has 0 aromatic rings. The van der Waals surface area contributed by atoms with Gasteiger partial charge < -0.3 is 15.5 Å². The summed E-state index contributed by atoms with van der Waals surface area (Å²) in [5.41, 5.74) is 0. The molecule has 0 aliphatic heterocycles. The minimum atomic E-state index is -3.67. The highest BCUT2D eigenvalue weighted by Gasteiger charge is 2.29. The Bertz CT molecular complexity index is 501. The lowest BCUT2D eigenvalue weighted by Gasteiger charge is -2.21. The topological polar surface area (TPSA) is 150 Å². The van der Waals surface area contributed by atoms with Crippen molar-refractivity contribution < 1.29 is 33.0 Å². The Hall–Kier alpha value is -1.68. The van der Waals surface area contributed by atoms with E-state index in [4.69, 9.17) is 10.2 Å². The van der Waals surface area contributed by atoms with Crippen LogP contribution >= 0.6 is 0 Å². The number of rotatable bonds is 9. The molecule has 0 rings (SSSR count). The molecule has 0 heterocycles. The molecule has 1 amide bonds. The van der Waals surface area contributed by atoms with Gasteiger partial charge in [0.25, 0.3) is 0 Å². The third-order valence-electron chi connectivity index (χ3n) is 2.37. The molecule has 0 aliphatic carbocycles. The normalized spacial score (nSPS) is 14.5. The molecule has 21 heavy (non-hydrogen) atoms. The molecule has 0 aromatic carbocycles. The van der Waals surface area contributed by atoms with Crippen molar-refractivity contribution in [1.82, 2.24) is 10.0 Å². The SMILES string of the molecule is CC(C)CC(NS(C)(=O)=O)C(=O)N[C@@H](CC(=O)O)C(=O)O. The average Bonchev–Trinajstić information content (AvgIpc) is 2.23. The summed E-state index contributed by atoms with van der Waals surface area (Å²) in [4.78, 5) is 33.4. The van der Waals surface area contributed by atoms with Gasteiger partial charge in [-0.3, -0.25) is 9.59 Å². The van der Waals surface area contributed by atoms with Gasteiger partial charge in [0.1, 0.15) is 12.1 Å². The van der Waals surface area contributed by atoms with Gasteiger partial charge >= 0.3 is 11.9 Å². The van der Waals surface area contributed by atoms with Gasteiger partial charge in [0.15, 0.2) is 0 Å². The first-order chi connectivity index (χ1) is 9.42. The molecule has 0 saturated carbocycles. The molecule has 10 heteroatoms. The predicted molar refractivity (Wildman–Crippen MR) is 73.0 cm³/mol. The van der Waals surface area contributed by atoms with Gasteiger partial charge in [-0.25, -0.2) is 17.9 Å². The van der Waals surface area contributed by atoms with Crippen LogP contribution in [-0.2, 0) is 24.4 Å². The summed E-state index contributed by atoms with van der Waals surface area (Å²) in [5.74, 6) is -3.80. The van der Waals surface area contributed by atoms with Crippen LogP contribution in [-0.4, -0.2) is 54.8 Å². The Balaban J connectivity index is 5.00. The van der Waals surface area contributed by atoms with Crippen molar-refractivity contribution in [2.45, 2.75) is 38.8 Å². The number of carbonyl (C=O) groups excluding carboxylic acids is 1. The van der Waals surface area contributed by atoms with E-state index in [0.717, 1.165) is 6.26 Å². The van der Waals surface area contributed by atoms with Crippen LogP contribution in [0, 0.1) is 5.92 Å². The lowest BCUT2D eigenvalue weighted by atomic mass is 10.0. The molecule has 0 aliphatic rings. The maximum atomic E-state index is 12.0.